The number of benzene rings is 1. The number of nitrogens with zero attached hydrogens (tertiary/aromatic N) is 4. The molecule has 3 rings (SSSR count). The number of imidazole rings is 1. The van der Waals surface area contributed by atoms with Gasteiger partial charge in [-0.1, -0.05) is 42.9 Å². The van der Waals surface area contributed by atoms with Gasteiger partial charge < -0.3 is 13.8 Å². The van der Waals surface area contributed by atoms with Gasteiger partial charge in [0.1, 0.15) is 0 Å². The molecule has 0 aliphatic heterocycles. The fourth-order valence-corrected chi connectivity index (χ4v) is 3.36. The average molecular weight is 346 g/mol. The molecule has 0 saturated carbocycles. The van der Waals surface area contributed by atoms with Crippen molar-refractivity contribution in [3.05, 3.63) is 36.0 Å². The van der Waals surface area contributed by atoms with E-state index >= 15 is 0 Å². The molecule has 2 aromatic heterocycles. The highest BCUT2D eigenvalue weighted by molar-refractivity contribution is 7.98. The maximum Gasteiger partial charge on any atom is 0.226 e. The van der Waals surface area contributed by atoms with Gasteiger partial charge in [-0.3, -0.25) is 0 Å². The molecule has 0 saturated heterocycles. The molecule has 0 atom stereocenters. The van der Waals surface area contributed by atoms with Gasteiger partial charge in [0.15, 0.2) is 11.0 Å². The predicted octanol–water partition coefficient (Wildman–Crippen LogP) is 3.56. The Labute approximate surface area is 145 Å². The molecule has 0 amide bonds. The fraction of sp³-hybridized carbons (Fsp3) is 0.471. The van der Waals surface area contributed by atoms with E-state index < -0.39 is 0 Å². The molecule has 2 heterocycles. The molecule has 0 bridgehead atoms. The number of methoxy groups -OCH3 is 1. The zero-order valence-corrected chi connectivity index (χ0v) is 15.0. The van der Waals surface area contributed by atoms with Crippen molar-refractivity contribution in [2.75, 3.05) is 13.7 Å². The minimum atomic E-state index is 0.504. The third-order valence-corrected chi connectivity index (χ3v) is 4.53. The largest absolute Gasteiger partial charge is 0.383 e. The second-order valence-corrected chi connectivity index (χ2v) is 6.96. The lowest BCUT2D eigenvalue weighted by Gasteiger charge is -2.07. The minimum Gasteiger partial charge on any atom is -0.383 e. The Bertz CT molecular complexity index is 797. The Morgan fingerprint density at radius 1 is 1.25 bits per heavy atom. The Hall–Kier alpha value is -1.86. The quantitative estimate of drug-likeness (QED) is 0.581. The van der Waals surface area contributed by atoms with Gasteiger partial charge in [0.05, 0.1) is 23.4 Å². The molecule has 24 heavy (non-hydrogen) atoms. The monoisotopic (exact) mass is 346 g/mol. The van der Waals surface area contributed by atoms with Gasteiger partial charge in [0.25, 0.3) is 0 Å². The maximum absolute atomic E-state index is 5.30. The average Bonchev–Trinajstić information content (AvgIpc) is 3.14. The van der Waals surface area contributed by atoms with E-state index in [1.165, 1.54) is 0 Å². The van der Waals surface area contributed by atoms with Gasteiger partial charge in [0.2, 0.25) is 5.89 Å². The maximum atomic E-state index is 5.30. The molecule has 128 valence electrons. The van der Waals surface area contributed by atoms with Crippen LogP contribution >= 0.6 is 11.8 Å². The van der Waals surface area contributed by atoms with Gasteiger partial charge >= 0.3 is 0 Å². The lowest BCUT2D eigenvalue weighted by Crippen LogP contribution is -2.05. The number of para-hydroxylation sites is 2. The first-order chi connectivity index (χ1) is 11.7. The zero-order valence-electron chi connectivity index (χ0n) is 14.2. The fourth-order valence-electron chi connectivity index (χ4n) is 2.47. The first-order valence-electron chi connectivity index (χ1n) is 8.06. The van der Waals surface area contributed by atoms with Gasteiger partial charge in [-0.15, -0.1) is 0 Å². The van der Waals surface area contributed by atoms with E-state index in [0.717, 1.165) is 29.2 Å². The minimum absolute atomic E-state index is 0.504. The van der Waals surface area contributed by atoms with Crippen molar-refractivity contribution >= 4 is 22.8 Å². The highest BCUT2D eigenvalue weighted by Crippen LogP contribution is 2.26. The van der Waals surface area contributed by atoms with Gasteiger partial charge in [0, 0.05) is 20.1 Å². The molecule has 1 aromatic carbocycles. The van der Waals surface area contributed by atoms with Crippen LogP contribution in [0.1, 0.15) is 25.6 Å². The van der Waals surface area contributed by atoms with E-state index in [2.05, 4.69) is 34.6 Å². The number of fused-ring (bicyclic) bond motifs is 1. The molecule has 0 radical (unpaired) electrons. The number of hydrogen-bond acceptors (Lipinski definition) is 6. The molecular formula is C17H22N4O2S. The van der Waals surface area contributed by atoms with Crippen LogP contribution in [-0.4, -0.2) is 33.4 Å². The van der Waals surface area contributed by atoms with Gasteiger partial charge in [-0.25, -0.2) is 4.98 Å². The molecule has 0 spiro atoms. The van der Waals surface area contributed by atoms with Crippen LogP contribution in [0.15, 0.2) is 33.9 Å². The van der Waals surface area contributed by atoms with E-state index in [-0.39, 0.29) is 0 Å². The number of rotatable bonds is 8. The van der Waals surface area contributed by atoms with Crippen molar-refractivity contribution in [2.24, 2.45) is 5.92 Å². The SMILES string of the molecule is COCCn1c(SCc2noc(CC(C)C)n2)nc2ccccc21. The summed E-state index contributed by atoms with van der Waals surface area (Å²) in [6.45, 7) is 5.69. The van der Waals surface area contributed by atoms with Crippen LogP contribution in [-0.2, 0) is 23.5 Å². The smallest absolute Gasteiger partial charge is 0.226 e. The van der Waals surface area contributed by atoms with Crippen molar-refractivity contribution in [1.82, 2.24) is 19.7 Å². The van der Waals surface area contributed by atoms with Crippen molar-refractivity contribution in [2.45, 2.75) is 37.7 Å². The van der Waals surface area contributed by atoms with Crippen LogP contribution < -0.4 is 0 Å². The summed E-state index contributed by atoms with van der Waals surface area (Å²) in [5.41, 5.74) is 2.11. The third-order valence-electron chi connectivity index (χ3n) is 3.56. The topological polar surface area (TPSA) is 66.0 Å². The Balaban J connectivity index is 1.75. The summed E-state index contributed by atoms with van der Waals surface area (Å²) in [5, 5.41) is 5.01. The second kappa shape index (κ2) is 7.81. The van der Waals surface area contributed by atoms with Gasteiger partial charge in [-0.05, 0) is 18.1 Å². The van der Waals surface area contributed by atoms with E-state index in [4.69, 9.17) is 14.2 Å². The van der Waals surface area contributed by atoms with Gasteiger partial charge in [-0.2, -0.15) is 4.98 Å². The summed E-state index contributed by atoms with van der Waals surface area (Å²) in [4.78, 5) is 9.17. The third kappa shape index (κ3) is 3.96. The molecule has 0 N–H and O–H groups in total. The van der Waals surface area contributed by atoms with E-state index in [1.54, 1.807) is 18.9 Å². The lowest BCUT2D eigenvalue weighted by atomic mass is 10.1. The van der Waals surface area contributed by atoms with Crippen molar-refractivity contribution < 1.29 is 9.26 Å². The first-order valence-corrected chi connectivity index (χ1v) is 9.04. The second-order valence-electron chi connectivity index (χ2n) is 6.02. The van der Waals surface area contributed by atoms with E-state index in [9.17, 15) is 0 Å². The van der Waals surface area contributed by atoms with E-state index in [0.29, 0.717) is 30.0 Å². The Morgan fingerprint density at radius 3 is 2.88 bits per heavy atom. The Morgan fingerprint density at radius 2 is 2.08 bits per heavy atom. The first kappa shape index (κ1) is 17.0. The number of ether oxygens (including phenoxy) is 1. The molecule has 0 fully saturated rings. The van der Waals surface area contributed by atoms with Crippen LogP contribution in [0.4, 0.5) is 0 Å². The zero-order chi connectivity index (χ0) is 16.9. The van der Waals surface area contributed by atoms with Crippen molar-refractivity contribution in [1.29, 1.82) is 0 Å². The summed E-state index contributed by atoms with van der Waals surface area (Å²) < 4.78 is 12.7. The molecule has 0 unspecified atom stereocenters. The number of thioether (sulfide) groups is 1. The Kier molecular flexibility index (Phi) is 5.52. The number of hydrogen-bond donors (Lipinski definition) is 0. The standard InChI is InChI=1S/C17H22N4O2S/c1-12(2)10-16-19-15(20-23-16)11-24-17-18-13-6-4-5-7-14(13)21(17)8-9-22-3/h4-7,12H,8-11H2,1-3H3. The highest BCUT2D eigenvalue weighted by atomic mass is 32.2. The highest BCUT2D eigenvalue weighted by Gasteiger charge is 2.13. The molecule has 6 nitrogen and oxygen atoms in total. The van der Waals surface area contributed by atoms with Crippen molar-refractivity contribution in [3.8, 4) is 0 Å². The molecule has 3 aromatic rings. The van der Waals surface area contributed by atoms with Crippen LogP contribution in [0, 0.1) is 5.92 Å². The molecule has 7 heteroatoms. The summed E-state index contributed by atoms with van der Waals surface area (Å²) >= 11 is 1.62. The van der Waals surface area contributed by atoms with Crippen LogP contribution in [0.3, 0.4) is 0 Å². The summed E-state index contributed by atoms with van der Waals surface area (Å²) in [6, 6.07) is 8.13. The van der Waals surface area contributed by atoms with Crippen LogP contribution in [0.2, 0.25) is 0 Å². The lowest BCUT2D eigenvalue weighted by molar-refractivity contribution is 0.186. The predicted molar refractivity (Wildman–Crippen MR) is 94.0 cm³/mol. The molecular weight excluding hydrogens is 324 g/mol. The molecule has 0 aliphatic carbocycles. The normalized spacial score (nSPS) is 11.7. The van der Waals surface area contributed by atoms with Crippen LogP contribution in [0.25, 0.3) is 11.0 Å². The summed E-state index contributed by atoms with van der Waals surface area (Å²) in [7, 11) is 1.71. The summed E-state index contributed by atoms with van der Waals surface area (Å²) in [6.07, 6.45) is 0.810. The summed E-state index contributed by atoms with van der Waals surface area (Å²) in [5.74, 6) is 2.55. The number of aromatic nitrogens is 4. The van der Waals surface area contributed by atoms with Crippen LogP contribution in [0.5, 0.6) is 0 Å². The van der Waals surface area contributed by atoms with Crippen molar-refractivity contribution in [3.63, 3.8) is 0 Å². The molecule has 0 aliphatic rings. The van der Waals surface area contributed by atoms with E-state index in [1.807, 2.05) is 18.2 Å².